The molecular weight excluding hydrogens is 170 g/mol. The summed E-state index contributed by atoms with van der Waals surface area (Å²) < 4.78 is 0. The number of benzene rings is 1. The summed E-state index contributed by atoms with van der Waals surface area (Å²) in [6.07, 6.45) is 8.06. The van der Waals surface area contributed by atoms with E-state index < -0.39 is 0 Å². The van der Waals surface area contributed by atoms with Gasteiger partial charge in [0.25, 0.3) is 0 Å². The minimum atomic E-state index is 0.810. The van der Waals surface area contributed by atoms with Crippen molar-refractivity contribution in [3.8, 4) is 12.3 Å². The predicted molar refractivity (Wildman–Crippen MR) is 58.9 cm³/mol. The Kier molecular flexibility index (Phi) is 2.56. The quantitative estimate of drug-likeness (QED) is 0.653. The number of terminal acetylenes is 1. The number of hydrogen-bond acceptors (Lipinski definition) is 1. The van der Waals surface area contributed by atoms with Crippen LogP contribution in [0.3, 0.4) is 0 Å². The first-order valence-electron chi connectivity index (χ1n) is 5.05. The van der Waals surface area contributed by atoms with Crippen LogP contribution in [-0.4, -0.2) is 18.0 Å². The van der Waals surface area contributed by atoms with Crippen molar-refractivity contribution in [2.75, 3.05) is 7.05 Å². The average Bonchev–Trinajstić information content (AvgIpc) is 3.01. The predicted octanol–water partition coefficient (Wildman–Crippen LogP) is 2.26. The lowest BCUT2D eigenvalue weighted by atomic mass is 10.1. The molecule has 0 atom stereocenters. The van der Waals surface area contributed by atoms with E-state index in [0.717, 1.165) is 18.2 Å². The fraction of sp³-hybridized carbons (Fsp3) is 0.385. The van der Waals surface area contributed by atoms with Crippen molar-refractivity contribution in [3.05, 3.63) is 35.4 Å². The molecule has 0 spiro atoms. The summed E-state index contributed by atoms with van der Waals surface area (Å²) in [7, 11) is 2.18. The van der Waals surface area contributed by atoms with E-state index >= 15 is 0 Å². The highest BCUT2D eigenvalue weighted by atomic mass is 15.1. The van der Waals surface area contributed by atoms with Crippen LogP contribution < -0.4 is 0 Å². The van der Waals surface area contributed by atoms with E-state index in [4.69, 9.17) is 6.42 Å². The fourth-order valence-electron chi connectivity index (χ4n) is 1.69. The molecule has 2 rings (SSSR count). The second kappa shape index (κ2) is 3.86. The molecule has 0 aromatic heterocycles. The van der Waals surface area contributed by atoms with Gasteiger partial charge in [0.2, 0.25) is 0 Å². The maximum Gasteiger partial charge on any atom is 0.0245 e. The number of nitrogens with zero attached hydrogens (tertiary/aromatic N) is 1. The molecule has 1 aromatic rings. The van der Waals surface area contributed by atoms with Crippen LogP contribution >= 0.6 is 0 Å². The van der Waals surface area contributed by atoms with Crippen molar-refractivity contribution in [2.45, 2.75) is 25.4 Å². The first-order valence-corrected chi connectivity index (χ1v) is 5.05. The maximum atomic E-state index is 5.36. The van der Waals surface area contributed by atoms with Crippen LogP contribution in [-0.2, 0) is 6.54 Å². The van der Waals surface area contributed by atoms with Crippen LogP contribution in [0.15, 0.2) is 24.3 Å². The molecule has 1 heteroatoms. The Morgan fingerprint density at radius 2 is 2.29 bits per heavy atom. The highest BCUT2D eigenvalue weighted by Gasteiger charge is 2.25. The summed E-state index contributed by atoms with van der Waals surface area (Å²) in [6, 6.07) is 9.05. The fourth-order valence-corrected chi connectivity index (χ4v) is 1.69. The van der Waals surface area contributed by atoms with Gasteiger partial charge in [0, 0.05) is 18.2 Å². The van der Waals surface area contributed by atoms with Gasteiger partial charge in [-0.05, 0) is 37.6 Å². The van der Waals surface area contributed by atoms with Crippen LogP contribution in [0, 0.1) is 12.3 Å². The van der Waals surface area contributed by atoms with Crippen LogP contribution in [0.1, 0.15) is 24.0 Å². The van der Waals surface area contributed by atoms with E-state index in [0.29, 0.717) is 0 Å². The summed E-state index contributed by atoms with van der Waals surface area (Å²) in [5, 5.41) is 0. The van der Waals surface area contributed by atoms with E-state index in [1.807, 2.05) is 12.1 Å². The SMILES string of the molecule is C#Cc1cccc(CN(C)C2CC2)c1. The molecule has 0 saturated heterocycles. The maximum absolute atomic E-state index is 5.36. The monoisotopic (exact) mass is 185 g/mol. The van der Waals surface area contributed by atoms with Crippen LogP contribution in [0.4, 0.5) is 0 Å². The molecule has 0 bridgehead atoms. The molecule has 72 valence electrons. The average molecular weight is 185 g/mol. The third kappa shape index (κ3) is 2.16. The van der Waals surface area contributed by atoms with Gasteiger partial charge < -0.3 is 0 Å². The van der Waals surface area contributed by atoms with Crippen molar-refractivity contribution in [1.82, 2.24) is 4.90 Å². The lowest BCUT2D eigenvalue weighted by Gasteiger charge is -2.15. The second-order valence-corrected chi connectivity index (χ2v) is 3.99. The summed E-state index contributed by atoms with van der Waals surface area (Å²) in [5.74, 6) is 2.67. The topological polar surface area (TPSA) is 3.24 Å². The first kappa shape index (κ1) is 9.30. The lowest BCUT2D eigenvalue weighted by molar-refractivity contribution is 0.316. The van der Waals surface area contributed by atoms with Gasteiger partial charge in [-0.1, -0.05) is 18.1 Å². The molecule has 0 radical (unpaired) electrons. The molecule has 0 heterocycles. The van der Waals surface area contributed by atoms with Crippen molar-refractivity contribution in [3.63, 3.8) is 0 Å². The van der Waals surface area contributed by atoms with Gasteiger partial charge in [-0.15, -0.1) is 6.42 Å². The van der Waals surface area contributed by atoms with Gasteiger partial charge in [-0.3, -0.25) is 4.90 Å². The molecule has 0 N–H and O–H groups in total. The first-order chi connectivity index (χ1) is 6.79. The highest BCUT2D eigenvalue weighted by Crippen LogP contribution is 2.26. The highest BCUT2D eigenvalue weighted by molar-refractivity contribution is 5.35. The molecule has 1 aliphatic rings. The van der Waals surface area contributed by atoms with Crippen LogP contribution in [0.2, 0.25) is 0 Å². The van der Waals surface area contributed by atoms with Gasteiger partial charge in [0.15, 0.2) is 0 Å². The zero-order valence-electron chi connectivity index (χ0n) is 8.53. The van der Waals surface area contributed by atoms with Gasteiger partial charge >= 0.3 is 0 Å². The summed E-state index contributed by atoms with van der Waals surface area (Å²) in [6.45, 7) is 1.01. The van der Waals surface area contributed by atoms with Gasteiger partial charge in [0.1, 0.15) is 0 Å². The molecule has 14 heavy (non-hydrogen) atoms. The number of rotatable bonds is 3. The van der Waals surface area contributed by atoms with Gasteiger partial charge in [-0.25, -0.2) is 0 Å². The Bertz CT molecular complexity index is 358. The molecule has 1 aliphatic carbocycles. The Morgan fingerprint density at radius 1 is 1.50 bits per heavy atom. The van der Waals surface area contributed by atoms with E-state index in [2.05, 4.69) is 30.0 Å². The molecule has 1 nitrogen and oxygen atoms in total. The molecule has 1 aromatic carbocycles. The Balaban J connectivity index is 2.04. The van der Waals surface area contributed by atoms with Gasteiger partial charge in [0.05, 0.1) is 0 Å². The largest absolute Gasteiger partial charge is 0.299 e. The normalized spacial score (nSPS) is 15.5. The smallest absolute Gasteiger partial charge is 0.0245 e. The van der Waals surface area contributed by atoms with Crippen molar-refractivity contribution in [1.29, 1.82) is 0 Å². The minimum Gasteiger partial charge on any atom is -0.299 e. The van der Waals surface area contributed by atoms with Crippen molar-refractivity contribution < 1.29 is 0 Å². The van der Waals surface area contributed by atoms with Crippen molar-refractivity contribution >= 4 is 0 Å². The third-order valence-electron chi connectivity index (χ3n) is 2.70. The molecule has 0 aliphatic heterocycles. The van der Waals surface area contributed by atoms with Crippen molar-refractivity contribution in [2.24, 2.45) is 0 Å². The third-order valence-corrected chi connectivity index (χ3v) is 2.70. The second-order valence-electron chi connectivity index (χ2n) is 3.99. The molecule has 1 saturated carbocycles. The van der Waals surface area contributed by atoms with Crippen LogP contribution in [0.25, 0.3) is 0 Å². The number of hydrogen-bond donors (Lipinski definition) is 0. The molecule has 0 amide bonds. The molecule has 0 unspecified atom stereocenters. The Morgan fingerprint density at radius 3 is 2.93 bits per heavy atom. The zero-order valence-corrected chi connectivity index (χ0v) is 8.53. The Hall–Kier alpha value is -1.26. The summed E-state index contributed by atoms with van der Waals surface area (Å²) >= 11 is 0. The standard InChI is InChI=1S/C13H15N/c1-3-11-5-4-6-12(9-11)10-14(2)13-7-8-13/h1,4-6,9,13H,7-8,10H2,2H3. The molecule has 1 fully saturated rings. The molecular formula is C13H15N. The zero-order chi connectivity index (χ0) is 9.97. The van der Waals surface area contributed by atoms with E-state index in [1.165, 1.54) is 18.4 Å². The van der Waals surface area contributed by atoms with Crippen LogP contribution in [0.5, 0.6) is 0 Å². The lowest BCUT2D eigenvalue weighted by Crippen LogP contribution is -2.19. The Labute approximate surface area is 85.7 Å². The van der Waals surface area contributed by atoms with Gasteiger partial charge in [-0.2, -0.15) is 0 Å². The summed E-state index contributed by atoms with van der Waals surface area (Å²) in [4.78, 5) is 2.40. The van der Waals surface area contributed by atoms with E-state index in [1.54, 1.807) is 0 Å². The summed E-state index contributed by atoms with van der Waals surface area (Å²) in [5.41, 5.74) is 2.29. The minimum absolute atomic E-state index is 0.810. The van der Waals surface area contributed by atoms with E-state index in [9.17, 15) is 0 Å². The van der Waals surface area contributed by atoms with E-state index in [-0.39, 0.29) is 0 Å².